The molecule has 1 atom stereocenters. The van der Waals surface area contributed by atoms with Crippen LogP contribution in [0.2, 0.25) is 0 Å². The number of aromatic carboxylic acids is 1. The molecule has 27 heavy (non-hydrogen) atoms. The van der Waals surface area contributed by atoms with Crippen molar-refractivity contribution >= 4 is 47.0 Å². The standard InChI is InChI=1S/C18H13F2NO4S2/c19-18(20)26-11-7-5-10(6-8-11)21-15(22)9-14(16(21)23)27-13-4-2-1-3-12(13)17(24)25/h1-8,14,18H,9H2,(H,24,25). The summed E-state index contributed by atoms with van der Waals surface area (Å²) >= 11 is 1.41. The van der Waals surface area contributed by atoms with E-state index in [1.807, 2.05) is 0 Å². The lowest BCUT2D eigenvalue weighted by Gasteiger charge is -2.15. The van der Waals surface area contributed by atoms with Gasteiger partial charge in [-0.1, -0.05) is 23.9 Å². The molecule has 0 spiro atoms. The summed E-state index contributed by atoms with van der Waals surface area (Å²) < 4.78 is 24.8. The topological polar surface area (TPSA) is 74.7 Å². The minimum absolute atomic E-state index is 0.0644. The fourth-order valence-corrected chi connectivity index (χ4v) is 4.32. The van der Waals surface area contributed by atoms with Gasteiger partial charge in [0.2, 0.25) is 11.8 Å². The molecule has 0 aliphatic carbocycles. The Balaban J connectivity index is 1.78. The molecular weight excluding hydrogens is 396 g/mol. The third-order valence-electron chi connectivity index (χ3n) is 3.81. The molecule has 1 aliphatic rings. The lowest BCUT2D eigenvalue weighted by molar-refractivity contribution is -0.121. The highest BCUT2D eigenvalue weighted by molar-refractivity contribution is 8.00. The van der Waals surface area contributed by atoms with Gasteiger partial charge in [-0.25, -0.2) is 9.69 Å². The van der Waals surface area contributed by atoms with Crippen LogP contribution in [0.5, 0.6) is 0 Å². The average molecular weight is 409 g/mol. The zero-order valence-electron chi connectivity index (χ0n) is 13.7. The number of amides is 2. The fourth-order valence-electron chi connectivity index (χ4n) is 2.64. The van der Waals surface area contributed by atoms with E-state index in [0.29, 0.717) is 27.2 Å². The summed E-state index contributed by atoms with van der Waals surface area (Å²) in [5.41, 5.74) is 0.368. The Morgan fingerprint density at radius 2 is 1.78 bits per heavy atom. The summed E-state index contributed by atoms with van der Waals surface area (Å²) in [6, 6.07) is 12.0. The fraction of sp³-hybridized carbons (Fsp3) is 0.167. The molecule has 0 aromatic heterocycles. The van der Waals surface area contributed by atoms with E-state index in [0.717, 1.165) is 16.7 Å². The molecule has 140 valence electrons. The number of hydrogen-bond donors (Lipinski definition) is 1. The van der Waals surface area contributed by atoms with Gasteiger partial charge in [-0.2, -0.15) is 8.78 Å². The lowest BCUT2D eigenvalue weighted by Crippen LogP contribution is -2.31. The molecule has 1 unspecified atom stereocenters. The molecule has 2 aromatic carbocycles. The van der Waals surface area contributed by atoms with Crippen LogP contribution >= 0.6 is 23.5 Å². The summed E-state index contributed by atoms with van der Waals surface area (Å²) in [5.74, 6) is -4.54. The Labute approximate surface area is 161 Å². The predicted molar refractivity (Wildman–Crippen MR) is 98.5 cm³/mol. The van der Waals surface area contributed by atoms with Crippen LogP contribution in [0.25, 0.3) is 0 Å². The number of anilines is 1. The number of hydrogen-bond acceptors (Lipinski definition) is 5. The number of halogens is 2. The maximum atomic E-state index is 12.7. The number of carbonyl (C=O) groups excluding carboxylic acids is 2. The van der Waals surface area contributed by atoms with Gasteiger partial charge >= 0.3 is 5.97 Å². The molecular formula is C18H13F2NO4S2. The van der Waals surface area contributed by atoms with Gasteiger partial charge in [0.15, 0.2) is 0 Å². The quantitative estimate of drug-likeness (QED) is 0.571. The number of rotatable bonds is 6. The van der Waals surface area contributed by atoms with E-state index >= 15 is 0 Å². The van der Waals surface area contributed by atoms with Crippen LogP contribution in [0, 0.1) is 0 Å². The minimum Gasteiger partial charge on any atom is -0.478 e. The van der Waals surface area contributed by atoms with E-state index in [-0.39, 0.29) is 12.0 Å². The summed E-state index contributed by atoms with van der Waals surface area (Å²) in [5, 5.41) is 8.50. The predicted octanol–water partition coefficient (Wildman–Crippen LogP) is 4.12. The van der Waals surface area contributed by atoms with E-state index in [4.69, 9.17) is 0 Å². The summed E-state index contributed by atoms with van der Waals surface area (Å²) in [6.45, 7) is 0. The zero-order chi connectivity index (χ0) is 19.6. The van der Waals surface area contributed by atoms with Crippen molar-refractivity contribution in [3.63, 3.8) is 0 Å². The van der Waals surface area contributed by atoms with E-state index in [9.17, 15) is 28.3 Å². The third-order valence-corrected chi connectivity index (χ3v) is 5.80. The average Bonchev–Trinajstić information content (AvgIpc) is 2.89. The van der Waals surface area contributed by atoms with Crippen LogP contribution in [0.4, 0.5) is 14.5 Å². The van der Waals surface area contributed by atoms with Gasteiger partial charge in [0.05, 0.1) is 16.5 Å². The molecule has 1 N–H and O–H groups in total. The first kappa shape index (κ1) is 19.4. The maximum Gasteiger partial charge on any atom is 0.336 e. The number of alkyl halides is 2. The van der Waals surface area contributed by atoms with Crippen molar-refractivity contribution in [1.29, 1.82) is 0 Å². The highest BCUT2D eigenvalue weighted by Gasteiger charge is 2.40. The first-order valence-electron chi connectivity index (χ1n) is 7.77. The van der Waals surface area contributed by atoms with Crippen LogP contribution in [-0.4, -0.2) is 33.9 Å². The van der Waals surface area contributed by atoms with E-state index in [1.165, 1.54) is 30.3 Å². The summed E-state index contributed by atoms with van der Waals surface area (Å²) in [4.78, 5) is 38.0. The van der Waals surface area contributed by atoms with Crippen molar-refractivity contribution in [1.82, 2.24) is 0 Å². The number of thioether (sulfide) groups is 2. The Morgan fingerprint density at radius 3 is 2.41 bits per heavy atom. The monoisotopic (exact) mass is 409 g/mol. The van der Waals surface area contributed by atoms with Crippen molar-refractivity contribution in [3.05, 3.63) is 54.1 Å². The second-order valence-corrected chi connectivity index (χ2v) is 7.86. The van der Waals surface area contributed by atoms with Gasteiger partial charge < -0.3 is 5.11 Å². The first-order chi connectivity index (χ1) is 12.9. The molecule has 1 heterocycles. The number of imide groups is 1. The highest BCUT2D eigenvalue weighted by atomic mass is 32.2. The SMILES string of the molecule is O=C(O)c1ccccc1SC1CC(=O)N(c2ccc(SC(F)F)cc2)C1=O. The number of carbonyl (C=O) groups is 3. The molecule has 1 fully saturated rings. The van der Waals surface area contributed by atoms with E-state index in [2.05, 4.69) is 0 Å². The Hall–Kier alpha value is -2.39. The molecule has 1 saturated heterocycles. The normalized spacial score (nSPS) is 17.0. The van der Waals surface area contributed by atoms with Crippen molar-refractivity contribution in [2.24, 2.45) is 0 Å². The van der Waals surface area contributed by atoms with Crippen molar-refractivity contribution in [2.75, 3.05) is 4.90 Å². The Bertz CT molecular complexity index is 889. The van der Waals surface area contributed by atoms with Crippen molar-refractivity contribution < 1.29 is 28.3 Å². The Kier molecular flexibility index (Phi) is 5.81. The molecule has 9 heteroatoms. The van der Waals surface area contributed by atoms with Crippen LogP contribution < -0.4 is 4.90 Å². The number of nitrogens with zero attached hydrogens (tertiary/aromatic N) is 1. The lowest BCUT2D eigenvalue weighted by atomic mass is 10.2. The molecule has 1 aliphatic heterocycles. The third kappa shape index (κ3) is 4.30. The minimum atomic E-state index is -2.55. The molecule has 3 rings (SSSR count). The second kappa shape index (κ2) is 8.10. The molecule has 0 radical (unpaired) electrons. The second-order valence-electron chi connectivity index (χ2n) is 5.55. The van der Waals surface area contributed by atoms with Gasteiger partial charge in [-0.05, 0) is 36.4 Å². The van der Waals surface area contributed by atoms with Gasteiger partial charge in [0.1, 0.15) is 0 Å². The molecule has 0 saturated carbocycles. The van der Waals surface area contributed by atoms with Crippen LogP contribution in [0.1, 0.15) is 16.8 Å². The van der Waals surface area contributed by atoms with Gasteiger partial charge in [0.25, 0.3) is 5.76 Å². The van der Waals surface area contributed by atoms with Crippen LogP contribution in [-0.2, 0) is 9.59 Å². The van der Waals surface area contributed by atoms with Gasteiger partial charge in [-0.15, -0.1) is 11.8 Å². The van der Waals surface area contributed by atoms with Crippen molar-refractivity contribution in [2.45, 2.75) is 27.2 Å². The smallest absolute Gasteiger partial charge is 0.336 e. The molecule has 2 amide bonds. The van der Waals surface area contributed by atoms with Gasteiger partial charge in [0, 0.05) is 16.2 Å². The maximum absolute atomic E-state index is 12.7. The molecule has 5 nitrogen and oxygen atoms in total. The molecule has 2 aromatic rings. The van der Waals surface area contributed by atoms with Crippen LogP contribution in [0.3, 0.4) is 0 Å². The number of benzene rings is 2. The summed E-state index contributed by atoms with van der Waals surface area (Å²) in [7, 11) is 0. The zero-order valence-corrected chi connectivity index (χ0v) is 15.3. The Morgan fingerprint density at radius 1 is 1.11 bits per heavy atom. The van der Waals surface area contributed by atoms with E-state index in [1.54, 1.807) is 18.2 Å². The number of carboxylic acid groups (broad SMARTS) is 1. The first-order valence-corrected chi connectivity index (χ1v) is 9.53. The van der Waals surface area contributed by atoms with Crippen molar-refractivity contribution in [3.8, 4) is 0 Å². The van der Waals surface area contributed by atoms with E-state index < -0.39 is 28.8 Å². The van der Waals surface area contributed by atoms with Gasteiger partial charge in [-0.3, -0.25) is 9.59 Å². The number of carboxylic acids is 1. The summed E-state index contributed by atoms with van der Waals surface area (Å²) in [6.07, 6.45) is -0.0645. The highest BCUT2D eigenvalue weighted by Crippen LogP contribution is 2.36. The largest absolute Gasteiger partial charge is 0.478 e. The van der Waals surface area contributed by atoms with Crippen LogP contribution in [0.15, 0.2) is 58.3 Å². The molecule has 0 bridgehead atoms.